The van der Waals surface area contributed by atoms with Gasteiger partial charge in [-0.25, -0.2) is 13.4 Å². The number of aryl methyl sites for hydroxylation is 1. The Kier molecular flexibility index (Phi) is 5.96. The standard InChI is InChI=1S/C22H31N7O4S/c1-14-12-28(34(31,32)17-10-24-27(3)13-17)9-8-18(14)25-22-23-11-19-20(26-22)29(16-6-4-5-7-16)21(30)15(2)33-19/h10-11,13-16,18H,4-9,12H2,1-3H3,(H,23,25,26). The first-order valence-corrected chi connectivity index (χ1v) is 13.3. The summed E-state index contributed by atoms with van der Waals surface area (Å²) in [6.45, 7) is 4.54. The zero-order valence-electron chi connectivity index (χ0n) is 19.7. The molecule has 1 N–H and O–H groups in total. The van der Waals surface area contributed by atoms with Crippen molar-refractivity contribution in [2.24, 2.45) is 13.0 Å². The lowest BCUT2D eigenvalue weighted by Crippen LogP contribution is -2.50. The van der Waals surface area contributed by atoms with Crippen LogP contribution in [0.1, 0.15) is 46.0 Å². The largest absolute Gasteiger partial charge is 0.475 e. The smallest absolute Gasteiger partial charge is 0.269 e. The summed E-state index contributed by atoms with van der Waals surface area (Å²) < 4.78 is 34.7. The van der Waals surface area contributed by atoms with E-state index in [1.807, 2.05) is 6.92 Å². The maximum atomic E-state index is 13.0. The molecule has 0 aromatic carbocycles. The van der Waals surface area contributed by atoms with Gasteiger partial charge in [0.15, 0.2) is 17.7 Å². The number of nitrogens with one attached hydrogen (secondary N) is 1. The summed E-state index contributed by atoms with van der Waals surface area (Å²) in [5, 5.41) is 7.37. The minimum absolute atomic E-state index is 0.00235. The Labute approximate surface area is 199 Å². The predicted molar refractivity (Wildman–Crippen MR) is 125 cm³/mol. The van der Waals surface area contributed by atoms with Crippen LogP contribution >= 0.6 is 0 Å². The number of piperidine rings is 1. The first-order valence-electron chi connectivity index (χ1n) is 11.9. The average molecular weight is 490 g/mol. The lowest BCUT2D eigenvalue weighted by Gasteiger charge is -2.37. The van der Waals surface area contributed by atoms with Gasteiger partial charge in [0.1, 0.15) is 4.90 Å². The quantitative estimate of drug-likeness (QED) is 0.674. The second-order valence-corrected chi connectivity index (χ2v) is 11.5. The van der Waals surface area contributed by atoms with E-state index in [9.17, 15) is 13.2 Å². The van der Waals surface area contributed by atoms with Gasteiger partial charge in [-0.2, -0.15) is 14.4 Å². The van der Waals surface area contributed by atoms with Crippen molar-refractivity contribution in [1.82, 2.24) is 24.1 Å². The highest BCUT2D eigenvalue weighted by Crippen LogP contribution is 2.38. The van der Waals surface area contributed by atoms with Gasteiger partial charge >= 0.3 is 0 Å². The van der Waals surface area contributed by atoms with Crippen molar-refractivity contribution in [2.75, 3.05) is 23.3 Å². The second kappa shape index (κ2) is 8.81. The molecule has 2 fully saturated rings. The molecule has 12 heteroatoms. The third kappa shape index (κ3) is 4.13. The van der Waals surface area contributed by atoms with Crippen molar-refractivity contribution < 1.29 is 17.9 Å². The Morgan fingerprint density at radius 1 is 1.15 bits per heavy atom. The van der Waals surface area contributed by atoms with Crippen LogP contribution in [0.15, 0.2) is 23.5 Å². The summed E-state index contributed by atoms with van der Waals surface area (Å²) in [4.78, 5) is 24.1. The van der Waals surface area contributed by atoms with E-state index in [4.69, 9.17) is 4.74 Å². The molecule has 0 radical (unpaired) electrons. The molecule has 3 unspecified atom stereocenters. The highest BCUT2D eigenvalue weighted by molar-refractivity contribution is 7.89. The van der Waals surface area contributed by atoms with E-state index in [0.717, 1.165) is 25.7 Å². The summed E-state index contributed by atoms with van der Waals surface area (Å²) >= 11 is 0. The van der Waals surface area contributed by atoms with Crippen LogP contribution in [0, 0.1) is 5.92 Å². The van der Waals surface area contributed by atoms with Gasteiger partial charge in [0, 0.05) is 38.4 Å². The van der Waals surface area contributed by atoms with Crippen LogP contribution in [0.5, 0.6) is 5.75 Å². The Bertz CT molecular complexity index is 1180. The molecule has 5 rings (SSSR count). The van der Waals surface area contributed by atoms with Crippen LogP contribution in [0.4, 0.5) is 11.8 Å². The van der Waals surface area contributed by atoms with Gasteiger partial charge in [-0.3, -0.25) is 14.4 Å². The van der Waals surface area contributed by atoms with Gasteiger partial charge in [0.05, 0.1) is 12.4 Å². The maximum absolute atomic E-state index is 13.0. The van der Waals surface area contributed by atoms with Crippen LogP contribution in [0.25, 0.3) is 0 Å². The molecule has 1 aliphatic carbocycles. The van der Waals surface area contributed by atoms with Crippen LogP contribution in [0.2, 0.25) is 0 Å². The molecule has 1 saturated heterocycles. The van der Waals surface area contributed by atoms with E-state index in [2.05, 4.69) is 20.4 Å². The predicted octanol–water partition coefficient (Wildman–Crippen LogP) is 1.78. The Morgan fingerprint density at radius 3 is 2.59 bits per heavy atom. The fourth-order valence-electron chi connectivity index (χ4n) is 5.13. The van der Waals surface area contributed by atoms with Gasteiger partial charge in [-0.15, -0.1) is 0 Å². The van der Waals surface area contributed by atoms with Crippen LogP contribution in [-0.2, 0) is 21.9 Å². The number of nitrogens with zero attached hydrogens (tertiary/aromatic N) is 6. The first-order chi connectivity index (χ1) is 16.2. The summed E-state index contributed by atoms with van der Waals surface area (Å²) in [5.41, 5.74) is 0. The van der Waals surface area contributed by atoms with Gasteiger partial charge in [0.2, 0.25) is 16.0 Å². The fraction of sp³-hybridized carbons (Fsp3) is 0.636. The van der Waals surface area contributed by atoms with Crippen molar-refractivity contribution in [3.05, 3.63) is 18.6 Å². The third-order valence-electron chi connectivity index (χ3n) is 7.04. The SMILES string of the molecule is CC1Oc2cnc(NC3CCN(S(=O)(=O)c4cnn(C)c4)CC3C)nc2N(C2CCCC2)C1=O. The molecule has 1 saturated carbocycles. The molecule has 4 heterocycles. The summed E-state index contributed by atoms with van der Waals surface area (Å²) in [6, 6.07) is 0.137. The molecule has 34 heavy (non-hydrogen) atoms. The number of sulfonamides is 1. The number of fused-ring (bicyclic) bond motifs is 1. The van der Waals surface area contributed by atoms with Gasteiger partial charge in [0.25, 0.3) is 5.91 Å². The molecule has 0 bridgehead atoms. The van der Waals surface area contributed by atoms with Gasteiger partial charge < -0.3 is 10.1 Å². The molecular formula is C22H31N7O4S. The van der Waals surface area contributed by atoms with Crippen LogP contribution < -0.4 is 15.0 Å². The normalized spacial score (nSPS) is 26.4. The first kappa shape index (κ1) is 23.0. The number of hydrogen-bond acceptors (Lipinski definition) is 8. The summed E-state index contributed by atoms with van der Waals surface area (Å²) in [5.74, 6) is 1.44. The zero-order valence-corrected chi connectivity index (χ0v) is 20.5. The average Bonchev–Trinajstić information content (AvgIpc) is 3.48. The number of carbonyl (C=O) groups is 1. The van der Waals surface area contributed by atoms with Crippen molar-refractivity contribution in [3.63, 3.8) is 0 Å². The van der Waals surface area contributed by atoms with Crippen molar-refractivity contribution >= 4 is 27.7 Å². The molecule has 3 aliphatic rings. The fourth-order valence-corrected chi connectivity index (χ4v) is 6.67. The number of ether oxygens (including phenoxy) is 1. The van der Waals surface area contributed by atoms with Crippen molar-refractivity contribution in [1.29, 1.82) is 0 Å². The van der Waals surface area contributed by atoms with Crippen molar-refractivity contribution in [2.45, 2.75) is 69.0 Å². The number of aromatic nitrogens is 4. The van der Waals surface area contributed by atoms with E-state index < -0.39 is 16.1 Å². The highest BCUT2D eigenvalue weighted by atomic mass is 32.2. The minimum atomic E-state index is -3.58. The molecular weight excluding hydrogens is 458 g/mol. The summed E-state index contributed by atoms with van der Waals surface area (Å²) in [7, 11) is -1.88. The second-order valence-electron chi connectivity index (χ2n) is 9.52. The molecule has 11 nitrogen and oxygen atoms in total. The Balaban J connectivity index is 1.31. The molecule has 2 aromatic rings. The zero-order chi connectivity index (χ0) is 24.0. The summed E-state index contributed by atoms with van der Waals surface area (Å²) in [6.07, 6.45) is 8.72. The van der Waals surface area contributed by atoms with Crippen LogP contribution in [0.3, 0.4) is 0 Å². The van der Waals surface area contributed by atoms with E-state index in [1.54, 1.807) is 25.1 Å². The van der Waals surface area contributed by atoms with E-state index in [1.165, 1.54) is 21.4 Å². The van der Waals surface area contributed by atoms with Gasteiger partial charge in [-0.05, 0) is 32.1 Å². The Hall–Kier alpha value is -2.73. The number of anilines is 2. The van der Waals surface area contributed by atoms with Crippen LogP contribution in [-0.4, -0.2) is 69.7 Å². The molecule has 184 valence electrons. The third-order valence-corrected chi connectivity index (χ3v) is 8.86. The Morgan fingerprint density at radius 2 is 1.91 bits per heavy atom. The van der Waals surface area contributed by atoms with E-state index >= 15 is 0 Å². The molecule has 3 atom stereocenters. The molecule has 0 spiro atoms. The number of hydrogen-bond donors (Lipinski definition) is 1. The topological polar surface area (TPSA) is 123 Å². The number of carbonyl (C=O) groups excluding carboxylic acids is 1. The van der Waals surface area contributed by atoms with Crippen molar-refractivity contribution in [3.8, 4) is 5.75 Å². The molecule has 2 aromatic heterocycles. The molecule has 2 aliphatic heterocycles. The maximum Gasteiger partial charge on any atom is 0.269 e. The lowest BCUT2D eigenvalue weighted by atomic mass is 9.95. The van der Waals surface area contributed by atoms with E-state index in [-0.39, 0.29) is 28.8 Å². The number of rotatable bonds is 5. The lowest BCUT2D eigenvalue weighted by molar-refractivity contribution is -0.126. The van der Waals surface area contributed by atoms with E-state index in [0.29, 0.717) is 37.0 Å². The number of amides is 1. The highest BCUT2D eigenvalue weighted by Gasteiger charge is 2.39. The van der Waals surface area contributed by atoms with Gasteiger partial charge in [-0.1, -0.05) is 19.8 Å². The molecule has 1 amide bonds. The monoisotopic (exact) mass is 489 g/mol. The minimum Gasteiger partial charge on any atom is -0.475 e.